The maximum atomic E-state index is 4.95. The van der Waals surface area contributed by atoms with Gasteiger partial charge >= 0.3 is 0 Å². The molecular formula is C19H30N2. The number of likely N-dealkylation sites (N-methyl/N-ethyl adjacent to an activating group) is 1. The molecule has 0 fully saturated rings. The van der Waals surface area contributed by atoms with Crippen molar-refractivity contribution in [3.05, 3.63) is 34.8 Å². The average Bonchev–Trinajstić information content (AvgIpc) is 2.49. The molecule has 0 radical (unpaired) electrons. The van der Waals surface area contributed by atoms with E-state index in [4.69, 9.17) is 4.98 Å². The van der Waals surface area contributed by atoms with E-state index in [9.17, 15) is 0 Å². The smallest absolute Gasteiger partial charge is 0.0533 e. The summed E-state index contributed by atoms with van der Waals surface area (Å²) in [4.78, 5) is 7.31. The van der Waals surface area contributed by atoms with Gasteiger partial charge in [0.15, 0.2) is 0 Å². The Balaban J connectivity index is 2.80. The Hall–Kier alpha value is -1.31. The molecule has 2 heterocycles. The molecule has 2 nitrogen and oxygen atoms in total. The molecule has 1 aliphatic rings. The summed E-state index contributed by atoms with van der Waals surface area (Å²) < 4.78 is 0. The maximum absolute atomic E-state index is 4.95. The summed E-state index contributed by atoms with van der Waals surface area (Å²) in [6, 6.07) is 2.75. The molecule has 116 valence electrons. The number of aryl methyl sites for hydroxylation is 1. The first-order chi connectivity index (χ1) is 9.73. The first kappa shape index (κ1) is 16.1. The van der Waals surface area contributed by atoms with Crippen molar-refractivity contribution in [2.45, 2.75) is 66.3 Å². The van der Waals surface area contributed by atoms with Crippen molar-refractivity contribution in [1.82, 2.24) is 9.88 Å². The molecule has 0 N–H and O–H groups in total. The lowest BCUT2D eigenvalue weighted by Crippen LogP contribution is -2.28. The highest BCUT2D eigenvalue weighted by Gasteiger charge is 2.30. The summed E-state index contributed by atoms with van der Waals surface area (Å²) in [5, 5.41) is 0. The lowest BCUT2D eigenvalue weighted by molar-refractivity contribution is 0.314. The molecule has 21 heavy (non-hydrogen) atoms. The van der Waals surface area contributed by atoms with Crippen molar-refractivity contribution >= 4 is 5.57 Å². The van der Waals surface area contributed by atoms with Gasteiger partial charge in [-0.1, -0.05) is 34.6 Å². The molecule has 0 unspecified atom stereocenters. The maximum Gasteiger partial charge on any atom is 0.0533 e. The first-order valence-corrected chi connectivity index (χ1v) is 8.19. The van der Waals surface area contributed by atoms with Crippen LogP contribution in [0.2, 0.25) is 0 Å². The van der Waals surface area contributed by atoms with Crippen LogP contribution in [0.5, 0.6) is 0 Å². The SMILES string of the molecule is Cc1cc(C(C)C)c2c(n1)[C@H](C)[C@H](C)N(C)C=C2C(C)C. The molecule has 0 saturated heterocycles. The highest BCUT2D eigenvalue weighted by atomic mass is 15.1. The predicted molar refractivity (Wildman–Crippen MR) is 91.5 cm³/mol. The summed E-state index contributed by atoms with van der Waals surface area (Å²) in [7, 11) is 2.19. The van der Waals surface area contributed by atoms with Gasteiger partial charge in [-0.05, 0) is 42.9 Å². The van der Waals surface area contributed by atoms with Crippen LogP contribution in [0.1, 0.15) is 75.9 Å². The molecule has 1 aromatic rings. The number of rotatable bonds is 2. The van der Waals surface area contributed by atoms with Crippen molar-refractivity contribution in [3.8, 4) is 0 Å². The Morgan fingerprint density at radius 2 is 1.71 bits per heavy atom. The van der Waals surface area contributed by atoms with Gasteiger partial charge < -0.3 is 4.90 Å². The zero-order valence-electron chi connectivity index (χ0n) is 14.9. The Kier molecular flexibility index (Phi) is 4.46. The van der Waals surface area contributed by atoms with Crippen LogP contribution in [0.3, 0.4) is 0 Å². The summed E-state index contributed by atoms with van der Waals surface area (Å²) in [6.07, 6.45) is 2.35. The van der Waals surface area contributed by atoms with E-state index < -0.39 is 0 Å². The van der Waals surface area contributed by atoms with Crippen LogP contribution in [-0.4, -0.2) is 23.0 Å². The van der Waals surface area contributed by atoms with Crippen LogP contribution >= 0.6 is 0 Å². The van der Waals surface area contributed by atoms with Gasteiger partial charge in [0.25, 0.3) is 0 Å². The van der Waals surface area contributed by atoms with Crippen molar-refractivity contribution in [2.75, 3.05) is 7.05 Å². The minimum absolute atomic E-state index is 0.440. The second-order valence-corrected chi connectivity index (χ2v) is 7.20. The highest BCUT2D eigenvalue weighted by Crippen LogP contribution is 2.40. The zero-order valence-corrected chi connectivity index (χ0v) is 14.9. The van der Waals surface area contributed by atoms with Crippen LogP contribution in [0.25, 0.3) is 5.57 Å². The Morgan fingerprint density at radius 3 is 2.24 bits per heavy atom. The van der Waals surface area contributed by atoms with Gasteiger partial charge in [0.05, 0.1) is 5.69 Å². The fourth-order valence-corrected chi connectivity index (χ4v) is 3.24. The van der Waals surface area contributed by atoms with E-state index in [-0.39, 0.29) is 0 Å². The fraction of sp³-hybridized carbons (Fsp3) is 0.632. The monoisotopic (exact) mass is 286 g/mol. The van der Waals surface area contributed by atoms with Crippen molar-refractivity contribution in [2.24, 2.45) is 5.92 Å². The number of pyridine rings is 1. The van der Waals surface area contributed by atoms with E-state index in [2.05, 4.69) is 72.7 Å². The molecule has 1 aromatic heterocycles. The van der Waals surface area contributed by atoms with Crippen LogP contribution < -0.4 is 0 Å². The standard InChI is InChI=1S/C19H30N2/c1-11(2)16-9-13(5)20-19-14(6)15(7)21(8)10-17(12(3)4)18(16)19/h9-12,14-15H,1-8H3/t14-,15+/m1/s1. The van der Waals surface area contributed by atoms with Gasteiger partial charge in [0.1, 0.15) is 0 Å². The van der Waals surface area contributed by atoms with Gasteiger partial charge in [-0.25, -0.2) is 0 Å². The number of fused-ring (bicyclic) bond motifs is 1. The van der Waals surface area contributed by atoms with Crippen molar-refractivity contribution < 1.29 is 0 Å². The number of aromatic nitrogens is 1. The van der Waals surface area contributed by atoms with Gasteiger partial charge in [-0.2, -0.15) is 0 Å². The molecule has 2 atom stereocenters. The Labute approximate surface area is 130 Å². The van der Waals surface area contributed by atoms with Crippen LogP contribution in [0.4, 0.5) is 0 Å². The number of nitrogens with zero attached hydrogens (tertiary/aromatic N) is 2. The van der Waals surface area contributed by atoms with E-state index >= 15 is 0 Å². The third kappa shape index (κ3) is 2.86. The topological polar surface area (TPSA) is 16.1 Å². The van der Waals surface area contributed by atoms with E-state index in [1.165, 1.54) is 22.4 Å². The second kappa shape index (κ2) is 5.82. The fourth-order valence-electron chi connectivity index (χ4n) is 3.24. The van der Waals surface area contributed by atoms with Crippen LogP contribution in [0, 0.1) is 12.8 Å². The zero-order chi connectivity index (χ0) is 15.9. The number of hydrogen-bond donors (Lipinski definition) is 0. The molecule has 0 amide bonds. The van der Waals surface area contributed by atoms with Crippen LogP contribution in [0.15, 0.2) is 12.3 Å². The minimum Gasteiger partial charge on any atom is -0.377 e. The van der Waals surface area contributed by atoms with Crippen molar-refractivity contribution in [3.63, 3.8) is 0 Å². The van der Waals surface area contributed by atoms with E-state index in [1.54, 1.807) is 0 Å². The van der Waals surface area contributed by atoms with E-state index in [0.29, 0.717) is 23.8 Å². The minimum atomic E-state index is 0.440. The molecule has 2 heteroatoms. The largest absolute Gasteiger partial charge is 0.377 e. The molecule has 0 spiro atoms. The second-order valence-electron chi connectivity index (χ2n) is 7.20. The van der Waals surface area contributed by atoms with E-state index in [1.807, 2.05) is 0 Å². The van der Waals surface area contributed by atoms with Gasteiger partial charge in [0, 0.05) is 36.5 Å². The summed E-state index contributed by atoms with van der Waals surface area (Å²) in [5.41, 5.74) is 6.72. The lowest BCUT2D eigenvalue weighted by Gasteiger charge is -2.27. The average molecular weight is 286 g/mol. The first-order valence-electron chi connectivity index (χ1n) is 8.19. The summed E-state index contributed by atoms with van der Waals surface area (Å²) >= 11 is 0. The quantitative estimate of drug-likeness (QED) is 0.765. The molecular weight excluding hydrogens is 256 g/mol. The molecule has 0 saturated carbocycles. The van der Waals surface area contributed by atoms with Crippen molar-refractivity contribution in [1.29, 1.82) is 0 Å². The molecule has 2 rings (SSSR count). The third-order valence-corrected chi connectivity index (χ3v) is 4.88. The molecule has 0 bridgehead atoms. The Morgan fingerprint density at radius 1 is 1.10 bits per heavy atom. The number of hydrogen-bond acceptors (Lipinski definition) is 2. The normalized spacial score (nSPS) is 22.4. The Bertz CT molecular complexity index is 555. The summed E-state index contributed by atoms with van der Waals surface area (Å²) in [5.74, 6) is 1.47. The predicted octanol–water partition coefficient (Wildman–Crippen LogP) is 4.95. The highest BCUT2D eigenvalue weighted by molar-refractivity contribution is 5.73. The number of allylic oxidation sites excluding steroid dienone is 1. The van der Waals surface area contributed by atoms with Gasteiger partial charge in [-0.3, -0.25) is 4.98 Å². The van der Waals surface area contributed by atoms with E-state index in [0.717, 1.165) is 5.69 Å². The molecule has 1 aliphatic heterocycles. The third-order valence-electron chi connectivity index (χ3n) is 4.88. The lowest BCUT2D eigenvalue weighted by atomic mass is 9.83. The molecule has 0 aliphatic carbocycles. The van der Waals surface area contributed by atoms with Gasteiger partial charge in [-0.15, -0.1) is 0 Å². The van der Waals surface area contributed by atoms with Crippen LogP contribution in [-0.2, 0) is 0 Å². The molecule has 0 aromatic carbocycles. The van der Waals surface area contributed by atoms with Gasteiger partial charge in [0.2, 0.25) is 0 Å². The summed E-state index contributed by atoms with van der Waals surface area (Å²) in [6.45, 7) is 15.9.